The average molecular weight is 238 g/mol. The molecule has 1 aromatic carbocycles. The van der Waals surface area contributed by atoms with Gasteiger partial charge in [0.25, 0.3) is 0 Å². The van der Waals surface area contributed by atoms with E-state index in [0.29, 0.717) is 27.2 Å². The Labute approximate surface area is 89.5 Å². The summed E-state index contributed by atoms with van der Waals surface area (Å²) in [6.45, 7) is 0.355. The second kappa shape index (κ2) is 4.96. The average Bonchev–Trinajstić information content (AvgIpc) is 2.04. The smallest absolute Gasteiger partial charge is 0.0760 e. The molecule has 0 radical (unpaired) electrons. The molecular weight excluding hydrogens is 229 g/mol. The van der Waals surface area contributed by atoms with Crippen molar-refractivity contribution >= 4 is 34.0 Å². The van der Waals surface area contributed by atoms with Gasteiger partial charge in [0.15, 0.2) is 0 Å². The van der Waals surface area contributed by atoms with Crippen molar-refractivity contribution < 1.29 is 4.21 Å². The largest absolute Gasteiger partial charge is 0.330 e. The first-order chi connectivity index (χ1) is 6.16. The van der Waals surface area contributed by atoms with Gasteiger partial charge in [-0.3, -0.25) is 4.21 Å². The summed E-state index contributed by atoms with van der Waals surface area (Å²) in [6.07, 6.45) is 0. The van der Waals surface area contributed by atoms with Gasteiger partial charge in [-0.1, -0.05) is 29.3 Å². The summed E-state index contributed by atoms with van der Waals surface area (Å²) in [7, 11) is -1.20. The van der Waals surface area contributed by atoms with Gasteiger partial charge in [-0.2, -0.15) is 0 Å². The zero-order chi connectivity index (χ0) is 9.84. The SMILES string of the molecule is NCCS(=O)c1c(Cl)cccc1Cl. The summed E-state index contributed by atoms with van der Waals surface area (Å²) in [5.41, 5.74) is 5.29. The van der Waals surface area contributed by atoms with E-state index >= 15 is 0 Å². The van der Waals surface area contributed by atoms with Crippen molar-refractivity contribution in [3.63, 3.8) is 0 Å². The van der Waals surface area contributed by atoms with Gasteiger partial charge in [0.1, 0.15) is 0 Å². The van der Waals surface area contributed by atoms with Crippen LogP contribution in [0.25, 0.3) is 0 Å². The maximum absolute atomic E-state index is 11.5. The Balaban J connectivity index is 3.05. The Kier molecular flexibility index (Phi) is 4.19. The Bertz CT molecular complexity index is 310. The Hall–Kier alpha value is -0.0900. The number of benzene rings is 1. The Morgan fingerprint density at radius 1 is 1.31 bits per heavy atom. The summed E-state index contributed by atoms with van der Waals surface area (Å²) < 4.78 is 11.5. The van der Waals surface area contributed by atoms with E-state index in [1.165, 1.54) is 0 Å². The van der Waals surface area contributed by atoms with Crippen molar-refractivity contribution in [2.24, 2.45) is 5.73 Å². The van der Waals surface area contributed by atoms with Crippen LogP contribution in [0.5, 0.6) is 0 Å². The van der Waals surface area contributed by atoms with Gasteiger partial charge in [0.2, 0.25) is 0 Å². The van der Waals surface area contributed by atoms with E-state index in [4.69, 9.17) is 28.9 Å². The van der Waals surface area contributed by atoms with Crippen LogP contribution in [0.2, 0.25) is 10.0 Å². The quantitative estimate of drug-likeness (QED) is 0.875. The van der Waals surface area contributed by atoms with E-state index < -0.39 is 10.8 Å². The molecule has 0 bridgehead atoms. The maximum atomic E-state index is 11.5. The highest BCUT2D eigenvalue weighted by atomic mass is 35.5. The van der Waals surface area contributed by atoms with E-state index in [1.54, 1.807) is 18.2 Å². The summed E-state index contributed by atoms with van der Waals surface area (Å²) in [6, 6.07) is 5.04. The molecule has 1 rings (SSSR count). The van der Waals surface area contributed by atoms with Crippen molar-refractivity contribution in [2.45, 2.75) is 4.90 Å². The molecule has 2 nitrogen and oxygen atoms in total. The minimum absolute atomic E-state index is 0.355. The van der Waals surface area contributed by atoms with Crippen molar-refractivity contribution in [3.8, 4) is 0 Å². The third-order valence-electron chi connectivity index (χ3n) is 1.45. The van der Waals surface area contributed by atoms with Crippen LogP contribution in [0.1, 0.15) is 0 Å². The first kappa shape index (κ1) is 11.0. The van der Waals surface area contributed by atoms with Crippen molar-refractivity contribution in [1.29, 1.82) is 0 Å². The van der Waals surface area contributed by atoms with Crippen molar-refractivity contribution in [1.82, 2.24) is 0 Å². The van der Waals surface area contributed by atoms with Crippen LogP contribution in [0.3, 0.4) is 0 Å². The Morgan fingerprint density at radius 2 is 1.85 bits per heavy atom. The van der Waals surface area contributed by atoms with E-state index in [2.05, 4.69) is 0 Å². The molecule has 1 unspecified atom stereocenters. The highest BCUT2D eigenvalue weighted by Gasteiger charge is 2.11. The molecule has 1 atom stereocenters. The second-order valence-electron chi connectivity index (χ2n) is 2.39. The molecule has 0 amide bonds. The van der Waals surface area contributed by atoms with Crippen LogP contribution in [0.15, 0.2) is 23.1 Å². The molecular formula is C8H9Cl2NOS. The fourth-order valence-corrected chi connectivity index (χ4v) is 2.81. The molecule has 0 fully saturated rings. The molecule has 0 aliphatic heterocycles. The van der Waals surface area contributed by atoms with Crippen LogP contribution in [0, 0.1) is 0 Å². The Morgan fingerprint density at radius 3 is 2.31 bits per heavy atom. The van der Waals surface area contributed by atoms with Gasteiger partial charge in [-0.05, 0) is 12.1 Å². The zero-order valence-corrected chi connectivity index (χ0v) is 9.12. The van der Waals surface area contributed by atoms with Gasteiger partial charge in [-0.15, -0.1) is 0 Å². The maximum Gasteiger partial charge on any atom is 0.0760 e. The van der Waals surface area contributed by atoms with E-state index in [-0.39, 0.29) is 0 Å². The van der Waals surface area contributed by atoms with Crippen molar-refractivity contribution in [3.05, 3.63) is 28.2 Å². The van der Waals surface area contributed by atoms with Crippen LogP contribution in [0.4, 0.5) is 0 Å². The molecule has 0 aromatic heterocycles. The predicted octanol–water partition coefficient (Wildman–Crippen LogP) is 2.06. The molecule has 13 heavy (non-hydrogen) atoms. The van der Waals surface area contributed by atoms with Gasteiger partial charge in [0, 0.05) is 12.3 Å². The highest BCUT2D eigenvalue weighted by Crippen LogP contribution is 2.27. The lowest BCUT2D eigenvalue weighted by molar-refractivity contribution is 0.683. The third-order valence-corrected chi connectivity index (χ3v) is 3.81. The van der Waals surface area contributed by atoms with Gasteiger partial charge >= 0.3 is 0 Å². The summed E-state index contributed by atoms with van der Waals surface area (Å²) >= 11 is 11.7. The van der Waals surface area contributed by atoms with Gasteiger partial charge < -0.3 is 5.73 Å². The standard InChI is InChI=1S/C8H9Cl2NOS/c9-6-2-1-3-7(10)8(6)13(12)5-4-11/h1-3H,4-5,11H2. The van der Waals surface area contributed by atoms with E-state index in [0.717, 1.165) is 0 Å². The van der Waals surface area contributed by atoms with E-state index in [9.17, 15) is 4.21 Å². The number of hydrogen-bond donors (Lipinski definition) is 1. The molecule has 0 spiro atoms. The minimum Gasteiger partial charge on any atom is -0.330 e. The highest BCUT2D eigenvalue weighted by molar-refractivity contribution is 7.85. The lowest BCUT2D eigenvalue weighted by Crippen LogP contribution is -2.10. The summed E-state index contributed by atoms with van der Waals surface area (Å²) in [5.74, 6) is 0.378. The lowest BCUT2D eigenvalue weighted by Gasteiger charge is -2.04. The van der Waals surface area contributed by atoms with Crippen LogP contribution >= 0.6 is 23.2 Å². The molecule has 0 heterocycles. The van der Waals surface area contributed by atoms with Gasteiger partial charge in [0.05, 0.1) is 25.7 Å². The molecule has 0 aliphatic rings. The molecule has 5 heteroatoms. The van der Waals surface area contributed by atoms with Crippen LogP contribution in [-0.4, -0.2) is 16.5 Å². The monoisotopic (exact) mass is 237 g/mol. The zero-order valence-electron chi connectivity index (χ0n) is 6.80. The summed E-state index contributed by atoms with van der Waals surface area (Å²) in [5, 5.41) is 0.860. The molecule has 2 N–H and O–H groups in total. The fraction of sp³-hybridized carbons (Fsp3) is 0.250. The lowest BCUT2D eigenvalue weighted by atomic mass is 10.4. The first-order valence-electron chi connectivity index (χ1n) is 3.69. The predicted molar refractivity (Wildman–Crippen MR) is 56.8 cm³/mol. The first-order valence-corrected chi connectivity index (χ1v) is 5.76. The second-order valence-corrected chi connectivity index (χ2v) is 4.71. The van der Waals surface area contributed by atoms with Crippen LogP contribution < -0.4 is 5.73 Å². The number of rotatable bonds is 3. The molecule has 72 valence electrons. The molecule has 1 aromatic rings. The fourth-order valence-electron chi connectivity index (χ4n) is 0.909. The normalized spacial score (nSPS) is 12.8. The third kappa shape index (κ3) is 2.68. The van der Waals surface area contributed by atoms with E-state index in [1.807, 2.05) is 0 Å². The summed E-state index contributed by atoms with van der Waals surface area (Å²) in [4.78, 5) is 0.483. The van der Waals surface area contributed by atoms with Crippen LogP contribution in [-0.2, 0) is 10.8 Å². The number of hydrogen-bond acceptors (Lipinski definition) is 2. The van der Waals surface area contributed by atoms with Crippen molar-refractivity contribution in [2.75, 3.05) is 12.3 Å². The van der Waals surface area contributed by atoms with Gasteiger partial charge in [-0.25, -0.2) is 0 Å². The molecule has 0 saturated carbocycles. The minimum atomic E-state index is -1.20. The number of nitrogens with two attached hydrogens (primary N) is 1. The topological polar surface area (TPSA) is 43.1 Å². The number of halogens is 2. The molecule has 0 aliphatic carbocycles. The molecule has 0 saturated heterocycles.